The van der Waals surface area contributed by atoms with Gasteiger partial charge in [0.1, 0.15) is 16.9 Å². The fourth-order valence-corrected chi connectivity index (χ4v) is 4.19. The van der Waals surface area contributed by atoms with Gasteiger partial charge in [0.2, 0.25) is 5.95 Å². The Morgan fingerprint density at radius 1 is 0.900 bits per heavy atom. The van der Waals surface area contributed by atoms with Crippen molar-refractivity contribution < 1.29 is 0 Å². The number of aryl methyl sites for hydroxylation is 1. The van der Waals surface area contributed by atoms with E-state index in [4.69, 9.17) is 16.5 Å². The highest BCUT2D eigenvalue weighted by Crippen LogP contribution is 2.29. The summed E-state index contributed by atoms with van der Waals surface area (Å²) in [5.74, 6) is 1.42. The number of anilines is 2. The molecule has 0 atom stereocenters. The van der Waals surface area contributed by atoms with Gasteiger partial charge in [0.05, 0.1) is 5.69 Å². The molecule has 0 aliphatic heterocycles. The molecule has 1 fully saturated rings. The molecule has 0 saturated heterocycles. The number of rotatable bonds is 2. The first-order chi connectivity index (χ1) is 14.5. The minimum absolute atomic E-state index is 0.138. The minimum atomic E-state index is 0.138. The van der Waals surface area contributed by atoms with E-state index in [1.807, 2.05) is 25.1 Å². The van der Waals surface area contributed by atoms with Crippen molar-refractivity contribution in [2.24, 2.45) is 0 Å². The topological polar surface area (TPSA) is 113 Å². The van der Waals surface area contributed by atoms with Gasteiger partial charge in [0.15, 0.2) is 11.5 Å². The Kier molecular flexibility index (Phi) is 5.57. The third-order valence-corrected chi connectivity index (χ3v) is 5.56. The largest absolute Gasteiger partial charge is 0.382 e. The van der Waals surface area contributed by atoms with E-state index >= 15 is 0 Å². The smallest absolute Gasteiger partial charge is 0.240 e. The van der Waals surface area contributed by atoms with E-state index in [1.54, 1.807) is 10.7 Å². The van der Waals surface area contributed by atoms with Gasteiger partial charge in [-0.25, -0.2) is 14.5 Å². The van der Waals surface area contributed by atoms with Crippen LogP contribution in [-0.4, -0.2) is 29.1 Å². The summed E-state index contributed by atoms with van der Waals surface area (Å²) in [6.07, 6.45) is 10.8. The summed E-state index contributed by atoms with van der Waals surface area (Å²) in [7, 11) is 0. The van der Waals surface area contributed by atoms with Gasteiger partial charge in [0, 0.05) is 17.8 Å². The molecule has 0 unspecified atom stereocenters. The summed E-state index contributed by atoms with van der Waals surface area (Å²) < 4.78 is 3.75. The van der Waals surface area contributed by atoms with Crippen LogP contribution in [0.5, 0.6) is 0 Å². The van der Waals surface area contributed by atoms with Crippen molar-refractivity contribution in [1.29, 1.82) is 0 Å². The lowest BCUT2D eigenvalue weighted by Crippen LogP contribution is -2.05. The van der Waals surface area contributed by atoms with Crippen LogP contribution in [0.15, 0.2) is 24.4 Å². The number of nitrogens with zero attached hydrogens (tertiary/aromatic N) is 6. The van der Waals surface area contributed by atoms with Crippen LogP contribution in [0.4, 0.5) is 11.8 Å². The average molecular weight is 407 g/mol. The fourth-order valence-electron chi connectivity index (χ4n) is 4.19. The zero-order valence-electron chi connectivity index (χ0n) is 18.0. The molecule has 4 aromatic rings. The van der Waals surface area contributed by atoms with Crippen LogP contribution >= 0.6 is 0 Å². The quantitative estimate of drug-likeness (QED) is 0.505. The molecular formula is C22H30N8. The van der Waals surface area contributed by atoms with Crippen molar-refractivity contribution in [3.05, 3.63) is 30.2 Å². The van der Waals surface area contributed by atoms with Crippen LogP contribution in [0.3, 0.4) is 0 Å². The lowest BCUT2D eigenvalue weighted by molar-refractivity contribution is 0.504. The van der Waals surface area contributed by atoms with Crippen LogP contribution in [0.2, 0.25) is 0 Å². The van der Waals surface area contributed by atoms with Crippen LogP contribution in [0.25, 0.3) is 27.9 Å². The van der Waals surface area contributed by atoms with Gasteiger partial charge in [-0.15, -0.1) is 5.10 Å². The summed E-state index contributed by atoms with van der Waals surface area (Å²) in [5, 5.41) is 4.15. The van der Waals surface area contributed by atoms with Crippen LogP contribution in [0, 0.1) is 6.92 Å². The predicted octanol–water partition coefficient (Wildman–Crippen LogP) is 4.54. The minimum Gasteiger partial charge on any atom is -0.382 e. The van der Waals surface area contributed by atoms with E-state index in [1.165, 1.54) is 38.5 Å². The molecule has 4 N–H and O–H groups in total. The van der Waals surface area contributed by atoms with E-state index < -0.39 is 0 Å². The van der Waals surface area contributed by atoms with Gasteiger partial charge in [0.25, 0.3) is 0 Å². The molecule has 0 radical (unpaired) electrons. The van der Waals surface area contributed by atoms with Crippen molar-refractivity contribution in [3.8, 4) is 11.3 Å². The second kappa shape index (κ2) is 8.30. The van der Waals surface area contributed by atoms with E-state index in [0.717, 1.165) is 28.2 Å². The third-order valence-electron chi connectivity index (χ3n) is 5.56. The molecule has 0 aromatic carbocycles. The molecule has 0 spiro atoms. The van der Waals surface area contributed by atoms with Gasteiger partial charge in [-0.1, -0.05) is 38.5 Å². The lowest BCUT2D eigenvalue weighted by Gasteiger charge is -2.10. The number of hydrogen-bond acceptors (Lipinski definition) is 6. The monoisotopic (exact) mass is 406 g/mol. The molecule has 0 bridgehead atoms. The molecule has 30 heavy (non-hydrogen) atoms. The standard InChI is InChI=1S/C16H18N8.C6H12/c1-8(2)24-9(3)19-12-5-4-11(20-15(12)24)10-6-7-23-13(10)14(17)21-16(18)22-23;1-2-4-6-5-3-1/h4-8H,1-3H3,(H4,17,18,21,22);1-6H2. The molecule has 158 valence electrons. The Morgan fingerprint density at radius 2 is 1.57 bits per heavy atom. The lowest BCUT2D eigenvalue weighted by atomic mass is 10.0. The Bertz CT molecular complexity index is 1160. The summed E-state index contributed by atoms with van der Waals surface area (Å²) in [6.45, 7) is 6.22. The highest BCUT2D eigenvalue weighted by atomic mass is 15.3. The first kappa shape index (κ1) is 20.1. The number of imidazole rings is 1. The number of pyridine rings is 1. The Morgan fingerprint density at radius 3 is 2.20 bits per heavy atom. The Hall–Kier alpha value is -3.16. The highest BCUT2D eigenvalue weighted by Gasteiger charge is 2.16. The molecule has 1 saturated carbocycles. The number of nitrogen functional groups attached to an aromatic ring is 2. The van der Waals surface area contributed by atoms with Crippen LogP contribution in [0.1, 0.15) is 64.2 Å². The van der Waals surface area contributed by atoms with Gasteiger partial charge in [-0.3, -0.25) is 0 Å². The van der Waals surface area contributed by atoms with Crippen molar-refractivity contribution in [1.82, 2.24) is 29.1 Å². The van der Waals surface area contributed by atoms with Crippen molar-refractivity contribution in [2.45, 2.75) is 65.3 Å². The molecule has 1 aliphatic carbocycles. The fraction of sp³-hybridized carbons (Fsp3) is 0.455. The molecule has 8 heteroatoms. The number of nitrogens with two attached hydrogens (primary N) is 2. The second-order valence-corrected chi connectivity index (χ2v) is 8.16. The maximum atomic E-state index is 6.04. The summed E-state index contributed by atoms with van der Waals surface area (Å²) in [4.78, 5) is 13.4. The van der Waals surface area contributed by atoms with E-state index in [2.05, 4.69) is 33.5 Å². The molecule has 4 aromatic heterocycles. The first-order valence-corrected chi connectivity index (χ1v) is 10.7. The maximum Gasteiger partial charge on any atom is 0.240 e. The number of hydrogen-bond donors (Lipinski definition) is 2. The molecule has 5 rings (SSSR count). The van der Waals surface area contributed by atoms with Gasteiger partial charge >= 0.3 is 0 Å². The highest BCUT2D eigenvalue weighted by molar-refractivity contribution is 5.88. The number of aromatic nitrogens is 6. The second-order valence-electron chi connectivity index (χ2n) is 8.16. The van der Waals surface area contributed by atoms with Crippen molar-refractivity contribution in [3.63, 3.8) is 0 Å². The Balaban J connectivity index is 0.000000313. The zero-order chi connectivity index (χ0) is 21.3. The molecule has 8 nitrogen and oxygen atoms in total. The third kappa shape index (κ3) is 3.81. The van der Waals surface area contributed by atoms with Crippen LogP contribution in [-0.2, 0) is 0 Å². The predicted molar refractivity (Wildman–Crippen MR) is 121 cm³/mol. The van der Waals surface area contributed by atoms with Gasteiger partial charge in [-0.2, -0.15) is 4.98 Å². The summed E-state index contributed by atoms with van der Waals surface area (Å²) >= 11 is 0. The van der Waals surface area contributed by atoms with Crippen molar-refractivity contribution in [2.75, 3.05) is 11.5 Å². The van der Waals surface area contributed by atoms with E-state index in [0.29, 0.717) is 11.3 Å². The molecule has 4 heterocycles. The maximum absolute atomic E-state index is 6.04. The summed E-state index contributed by atoms with van der Waals surface area (Å²) in [6, 6.07) is 6.10. The zero-order valence-corrected chi connectivity index (χ0v) is 18.0. The molecule has 1 aliphatic rings. The SMILES string of the molecule is C1CCCCC1.Cc1nc2ccc(-c3ccn4nc(N)nc(N)c34)nc2n1C(C)C. The Labute approximate surface area is 176 Å². The average Bonchev–Trinajstić information content (AvgIpc) is 3.29. The van der Waals surface area contributed by atoms with Gasteiger partial charge < -0.3 is 16.0 Å². The molecule has 0 amide bonds. The van der Waals surface area contributed by atoms with E-state index in [-0.39, 0.29) is 12.0 Å². The van der Waals surface area contributed by atoms with E-state index in [9.17, 15) is 0 Å². The molecular weight excluding hydrogens is 376 g/mol. The van der Waals surface area contributed by atoms with Gasteiger partial charge in [-0.05, 0) is 39.0 Å². The van der Waals surface area contributed by atoms with Crippen LogP contribution < -0.4 is 11.5 Å². The number of fused-ring (bicyclic) bond motifs is 2. The summed E-state index contributed by atoms with van der Waals surface area (Å²) in [5.41, 5.74) is 15.8. The first-order valence-electron chi connectivity index (χ1n) is 10.7. The normalized spacial score (nSPS) is 14.3. The van der Waals surface area contributed by atoms with Crippen molar-refractivity contribution >= 4 is 28.4 Å².